The molecule has 2 N–H and O–H groups in total. The second-order valence-corrected chi connectivity index (χ2v) is 5.66. The predicted octanol–water partition coefficient (Wildman–Crippen LogP) is 2.86. The molecule has 0 saturated heterocycles. The van der Waals surface area contributed by atoms with Crippen LogP contribution in [-0.2, 0) is 13.1 Å². The minimum Gasteiger partial charge on any atom is -0.326 e. The molecule has 4 heteroatoms. The van der Waals surface area contributed by atoms with Gasteiger partial charge in [0.15, 0.2) is 0 Å². The van der Waals surface area contributed by atoms with E-state index in [9.17, 15) is 4.39 Å². The number of benzene rings is 1. The maximum Gasteiger partial charge on any atom is 0.127 e. The summed E-state index contributed by atoms with van der Waals surface area (Å²) in [6.45, 7) is 3.27. The molecular formula is C14H23FN2S. The molecule has 0 heterocycles. The van der Waals surface area contributed by atoms with Crippen molar-refractivity contribution in [2.45, 2.75) is 32.5 Å². The lowest BCUT2D eigenvalue weighted by Gasteiger charge is -2.25. The van der Waals surface area contributed by atoms with Crippen molar-refractivity contribution in [3.63, 3.8) is 0 Å². The first-order chi connectivity index (χ1) is 8.58. The number of halogens is 1. The average molecular weight is 270 g/mol. The Bertz CT molecular complexity index is 371. The van der Waals surface area contributed by atoms with E-state index in [0.717, 1.165) is 23.3 Å². The van der Waals surface area contributed by atoms with Crippen LogP contribution in [0.25, 0.3) is 0 Å². The molecule has 0 bridgehead atoms. The molecule has 0 amide bonds. The van der Waals surface area contributed by atoms with Crippen LogP contribution >= 0.6 is 11.8 Å². The first-order valence-corrected chi connectivity index (χ1v) is 7.64. The molecule has 1 aromatic carbocycles. The number of hydrogen-bond donors (Lipinski definition) is 1. The highest BCUT2D eigenvalue weighted by atomic mass is 32.2. The zero-order chi connectivity index (χ0) is 13.5. The predicted molar refractivity (Wildman–Crippen MR) is 78.2 cm³/mol. The molecule has 102 valence electrons. The van der Waals surface area contributed by atoms with Gasteiger partial charge in [0.2, 0.25) is 0 Å². The molecule has 0 aromatic heterocycles. The molecule has 0 saturated carbocycles. The highest BCUT2D eigenvalue weighted by molar-refractivity contribution is 7.98. The van der Waals surface area contributed by atoms with Gasteiger partial charge in [0, 0.05) is 24.7 Å². The van der Waals surface area contributed by atoms with E-state index in [4.69, 9.17) is 5.73 Å². The third kappa shape index (κ3) is 4.59. The van der Waals surface area contributed by atoms with Crippen molar-refractivity contribution in [2.24, 2.45) is 5.73 Å². The molecule has 0 radical (unpaired) electrons. The van der Waals surface area contributed by atoms with Crippen LogP contribution < -0.4 is 5.73 Å². The van der Waals surface area contributed by atoms with Crippen molar-refractivity contribution in [3.05, 3.63) is 35.1 Å². The van der Waals surface area contributed by atoms with E-state index in [1.807, 2.05) is 24.9 Å². The number of nitrogens with two attached hydrogens (primary N) is 1. The quantitative estimate of drug-likeness (QED) is 0.826. The molecule has 1 aromatic rings. The van der Waals surface area contributed by atoms with Crippen LogP contribution in [0.1, 0.15) is 24.5 Å². The van der Waals surface area contributed by atoms with Crippen LogP contribution in [0.15, 0.2) is 18.2 Å². The van der Waals surface area contributed by atoms with E-state index in [2.05, 4.69) is 18.1 Å². The van der Waals surface area contributed by atoms with Crippen molar-refractivity contribution in [2.75, 3.05) is 19.1 Å². The minimum absolute atomic E-state index is 0.142. The number of nitrogens with zero attached hydrogens (tertiary/aromatic N) is 1. The number of rotatable bonds is 7. The van der Waals surface area contributed by atoms with E-state index >= 15 is 0 Å². The molecule has 2 nitrogen and oxygen atoms in total. The van der Waals surface area contributed by atoms with Crippen LogP contribution in [-0.4, -0.2) is 30.0 Å². The molecule has 0 aliphatic carbocycles. The maximum absolute atomic E-state index is 13.7. The van der Waals surface area contributed by atoms with Gasteiger partial charge < -0.3 is 5.73 Å². The first-order valence-electron chi connectivity index (χ1n) is 6.25. The summed E-state index contributed by atoms with van der Waals surface area (Å²) in [5.41, 5.74) is 7.30. The first kappa shape index (κ1) is 15.5. The Kier molecular flexibility index (Phi) is 6.68. The van der Waals surface area contributed by atoms with Gasteiger partial charge in [0.05, 0.1) is 0 Å². The van der Waals surface area contributed by atoms with Crippen LogP contribution in [0.3, 0.4) is 0 Å². The molecule has 0 fully saturated rings. The fraction of sp³-hybridized carbons (Fsp3) is 0.571. The summed E-state index contributed by atoms with van der Waals surface area (Å²) in [7, 11) is 2.04. The van der Waals surface area contributed by atoms with Crippen molar-refractivity contribution in [1.29, 1.82) is 0 Å². The monoisotopic (exact) mass is 270 g/mol. The van der Waals surface area contributed by atoms with Crippen LogP contribution in [0.4, 0.5) is 4.39 Å². The molecule has 1 unspecified atom stereocenters. The Morgan fingerprint density at radius 3 is 2.78 bits per heavy atom. The van der Waals surface area contributed by atoms with Crippen LogP contribution in [0.2, 0.25) is 0 Å². The summed E-state index contributed by atoms with van der Waals surface area (Å²) in [6.07, 6.45) is 3.23. The van der Waals surface area contributed by atoms with Gasteiger partial charge in [-0.2, -0.15) is 11.8 Å². The van der Waals surface area contributed by atoms with Crippen molar-refractivity contribution >= 4 is 11.8 Å². The molecule has 0 aliphatic rings. The fourth-order valence-electron chi connectivity index (χ4n) is 1.81. The summed E-state index contributed by atoms with van der Waals surface area (Å²) in [5, 5.41) is 0. The normalized spacial score (nSPS) is 13.0. The van der Waals surface area contributed by atoms with Gasteiger partial charge in [-0.3, -0.25) is 4.90 Å². The van der Waals surface area contributed by atoms with Crippen LogP contribution in [0, 0.1) is 5.82 Å². The molecule has 1 atom stereocenters. The summed E-state index contributed by atoms with van der Waals surface area (Å²) >= 11 is 1.85. The lowest BCUT2D eigenvalue weighted by molar-refractivity contribution is 0.242. The average Bonchev–Trinajstić information content (AvgIpc) is 2.38. The Labute approximate surface area is 114 Å². The Balaban J connectivity index is 2.65. The zero-order valence-electron chi connectivity index (χ0n) is 11.4. The highest BCUT2D eigenvalue weighted by Crippen LogP contribution is 2.15. The van der Waals surface area contributed by atoms with Gasteiger partial charge in [-0.25, -0.2) is 4.39 Å². The van der Waals surface area contributed by atoms with Crippen molar-refractivity contribution in [1.82, 2.24) is 4.90 Å². The molecule has 0 aliphatic heterocycles. The lowest BCUT2D eigenvalue weighted by atomic mass is 10.1. The molecule has 18 heavy (non-hydrogen) atoms. The molecule has 0 spiro atoms. The third-order valence-electron chi connectivity index (χ3n) is 3.26. The highest BCUT2D eigenvalue weighted by Gasteiger charge is 2.12. The summed E-state index contributed by atoms with van der Waals surface area (Å²) in [6, 6.07) is 5.58. The SMILES string of the molecule is CSCCC(C)N(C)Cc1cc(CN)ccc1F. The van der Waals surface area contributed by atoms with E-state index in [1.165, 1.54) is 6.07 Å². The smallest absolute Gasteiger partial charge is 0.127 e. The lowest BCUT2D eigenvalue weighted by Crippen LogP contribution is -2.29. The van der Waals surface area contributed by atoms with Crippen molar-refractivity contribution in [3.8, 4) is 0 Å². The summed E-state index contributed by atoms with van der Waals surface area (Å²) < 4.78 is 13.7. The van der Waals surface area contributed by atoms with Gasteiger partial charge in [0.1, 0.15) is 5.82 Å². The van der Waals surface area contributed by atoms with E-state index in [-0.39, 0.29) is 5.82 Å². The number of hydrogen-bond acceptors (Lipinski definition) is 3. The Hall–Kier alpha value is -0.580. The van der Waals surface area contributed by atoms with Crippen molar-refractivity contribution < 1.29 is 4.39 Å². The van der Waals surface area contributed by atoms with Crippen LogP contribution in [0.5, 0.6) is 0 Å². The second kappa shape index (κ2) is 7.77. The Morgan fingerprint density at radius 1 is 1.44 bits per heavy atom. The van der Waals surface area contributed by atoms with Gasteiger partial charge in [-0.1, -0.05) is 12.1 Å². The summed E-state index contributed by atoms with van der Waals surface area (Å²) in [5.74, 6) is 0.993. The van der Waals surface area contributed by atoms with Gasteiger partial charge in [0.25, 0.3) is 0 Å². The van der Waals surface area contributed by atoms with Gasteiger partial charge >= 0.3 is 0 Å². The molecular weight excluding hydrogens is 247 g/mol. The van der Waals surface area contributed by atoms with E-state index < -0.39 is 0 Å². The maximum atomic E-state index is 13.7. The van der Waals surface area contributed by atoms with E-state index in [0.29, 0.717) is 19.1 Å². The zero-order valence-corrected chi connectivity index (χ0v) is 12.3. The molecule has 1 rings (SSSR count). The number of thioether (sulfide) groups is 1. The standard InChI is InChI=1S/C14H23FN2S/c1-11(6-7-18-3)17(2)10-13-8-12(9-16)4-5-14(13)15/h4-5,8,11H,6-7,9-10,16H2,1-3H3. The van der Waals surface area contributed by atoms with E-state index in [1.54, 1.807) is 6.07 Å². The Morgan fingerprint density at radius 2 is 2.17 bits per heavy atom. The van der Waals surface area contributed by atoms with Gasteiger partial charge in [-0.15, -0.1) is 0 Å². The third-order valence-corrected chi connectivity index (χ3v) is 3.90. The topological polar surface area (TPSA) is 29.3 Å². The largest absolute Gasteiger partial charge is 0.326 e. The fourth-order valence-corrected chi connectivity index (χ4v) is 2.39. The second-order valence-electron chi connectivity index (χ2n) is 4.68. The summed E-state index contributed by atoms with van der Waals surface area (Å²) in [4.78, 5) is 2.19. The van der Waals surface area contributed by atoms with Gasteiger partial charge in [-0.05, 0) is 44.0 Å². The minimum atomic E-state index is -0.142.